The van der Waals surface area contributed by atoms with Crippen molar-refractivity contribution in [3.63, 3.8) is 0 Å². The van der Waals surface area contributed by atoms with E-state index >= 15 is 0 Å². The minimum absolute atomic E-state index is 0.105. The molecule has 3 N–H and O–H groups in total. The Balaban J connectivity index is 2.92. The van der Waals surface area contributed by atoms with E-state index < -0.39 is 41.6 Å². The van der Waals surface area contributed by atoms with E-state index in [9.17, 15) is 19.7 Å². The molecule has 0 saturated carbocycles. The molecule has 0 aromatic heterocycles. The van der Waals surface area contributed by atoms with Crippen molar-refractivity contribution in [1.82, 2.24) is 0 Å². The van der Waals surface area contributed by atoms with Gasteiger partial charge in [0.25, 0.3) is 0 Å². The van der Waals surface area contributed by atoms with Crippen LogP contribution < -0.4 is 0 Å². The van der Waals surface area contributed by atoms with E-state index in [0.29, 0.717) is 6.42 Å². The monoisotopic (exact) mass is 412 g/mol. The Kier molecular flexibility index (Phi) is 7.38. The summed E-state index contributed by atoms with van der Waals surface area (Å²) in [6.45, 7) is 6.75. The highest BCUT2D eigenvalue weighted by Crippen LogP contribution is 2.60. The van der Waals surface area contributed by atoms with Crippen molar-refractivity contribution in [3.8, 4) is 0 Å². The zero-order chi connectivity index (χ0) is 18.1. The summed E-state index contributed by atoms with van der Waals surface area (Å²) in [6, 6.07) is -0.653. The molecular weight excluding hydrogens is 386 g/mol. The van der Waals surface area contributed by atoms with Gasteiger partial charge in [0, 0.05) is 12.4 Å². The number of alkyl halides is 1. The van der Waals surface area contributed by atoms with E-state index in [1.54, 1.807) is 20.8 Å². The first-order valence-electron chi connectivity index (χ1n) is 7.94. The molecule has 9 heteroatoms. The van der Waals surface area contributed by atoms with Crippen LogP contribution in [0.4, 0.5) is 0 Å². The number of hydrogen-bond acceptors (Lipinski definition) is 5. The van der Waals surface area contributed by atoms with Crippen LogP contribution in [-0.4, -0.2) is 56.9 Å². The van der Waals surface area contributed by atoms with E-state index in [-0.39, 0.29) is 19.3 Å². The smallest absolute Gasteiger partial charge is 0.359 e. The van der Waals surface area contributed by atoms with E-state index in [4.69, 9.17) is 17.1 Å². The predicted octanol–water partition coefficient (Wildman–Crippen LogP) is 2.27. The summed E-state index contributed by atoms with van der Waals surface area (Å²) in [4.78, 5) is 9.89. The Morgan fingerprint density at radius 3 is 2.17 bits per heavy atom. The Morgan fingerprint density at radius 2 is 1.83 bits per heavy atom. The van der Waals surface area contributed by atoms with Crippen molar-refractivity contribution >= 4 is 31.4 Å². The van der Waals surface area contributed by atoms with E-state index in [1.165, 1.54) is 0 Å². The maximum absolute atomic E-state index is 12.6. The van der Waals surface area contributed by atoms with Crippen LogP contribution in [0, 0.1) is 0 Å². The van der Waals surface area contributed by atoms with Crippen molar-refractivity contribution in [3.05, 3.63) is 0 Å². The highest BCUT2D eigenvalue weighted by atomic mass is 79.9. The second-order valence-electron chi connectivity index (χ2n) is 6.38. The second-order valence-corrected chi connectivity index (χ2v) is 9.50. The van der Waals surface area contributed by atoms with Gasteiger partial charge in [-0.05, 0) is 26.2 Å². The van der Waals surface area contributed by atoms with Crippen LogP contribution in [0.1, 0.15) is 53.4 Å². The Morgan fingerprint density at radius 1 is 1.30 bits per heavy atom. The lowest BCUT2D eigenvalue weighted by Crippen LogP contribution is -2.40. The zero-order valence-electron chi connectivity index (χ0n) is 14.1. The lowest BCUT2D eigenvalue weighted by atomic mass is 9.91. The molecule has 0 bridgehead atoms. The summed E-state index contributed by atoms with van der Waals surface area (Å²) >= 11 is 3.27. The molecule has 1 aliphatic rings. The molecular formula is C14H27BBrO6P. The van der Waals surface area contributed by atoms with Crippen molar-refractivity contribution in [2.24, 2.45) is 0 Å². The summed E-state index contributed by atoms with van der Waals surface area (Å²) < 4.78 is 23.6. The average molecular weight is 413 g/mol. The first-order valence-corrected chi connectivity index (χ1v) is 10.4. The quantitative estimate of drug-likeness (QED) is 0.321. The maximum atomic E-state index is 12.6. The van der Waals surface area contributed by atoms with E-state index in [1.807, 2.05) is 6.92 Å². The van der Waals surface area contributed by atoms with Crippen LogP contribution in [0.15, 0.2) is 0 Å². The molecule has 6 atom stereocenters. The molecule has 23 heavy (non-hydrogen) atoms. The number of aliphatic hydroxyl groups excluding tert-OH is 1. The fourth-order valence-electron chi connectivity index (χ4n) is 2.63. The maximum Gasteiger partial charge on any atom is 0.359 e. The fourth-order valence-corrected chi connectivity index (χ4v) is 4.87. The van der Waals surface area contributed by atoms with Crippen molar-refractivity contribution in [2.45, 2.75) is 87.4 Å². The topological polar surface area (TPSA) is 96.2 Å². The minimum Gasteiger partial charge on any atom is -0.389 e. The van der Waals surface area contributed by atoms with Crippen LogP contribution in [0.5, 0.6) is 0 Å². The molecule has 1 saturated heterocycles. The highest BCUT2D eigenvalue weighted by Gasteiger charge is 2.50. The predicted molar refractivity (Wildman–Crippen MR) is 92.9 cm³/mol. The zero-order valence-corrected chi connectivity index (χ0v) is 16.6. The average Bonchev–Trinajstić information content (AvgIpc) is 2.72. The third-order valence-corrected chi connectivity index (χ3v) is 8.17. The number of ether oxygens (including phenoxy) is 1. The summed E-state index contributed by atoms with van der Waals surface area (Å²) in [7, 11) is 1.46. The molecule has 1 unspecified atom stereocenters. The van der Waals surface area contributed by atoms with E-state index in [0.717, 1.165) is 0 Å². The van der Waals surface area contributed by atoms with Crippen LogP contribution in [0.3, 0.4) is 0 Å². The summed E-state index contributed by atoms with van der Waals surface area (Å²) in [5, 5.41) is 18.7. The molecule has 134 valence electrons. The Bertz CT molecular complexity index is 449. The number of rotatable bonds is 8. The van der Waals surface area contributed by atoms with Gasteiger partial charge in [-0.1, -0.05) is 36.7 Å². The SMILES string of the molecule is [B][C@@H]1O[C@H](C[C@@](C)(CC)OP(=O)(O)C(O)(CC)CC)[C@@H](O)[C@H]1Br. The summed E-state index contributed by atoms with van der Waals surface area (Å²) in [5.74, 6) is 0. The van der Waals surface area contributed by atoms with E-state index in [2.05, 4.69) is 15.9 Å². The molecule has 0 amide bonds. The Labute approximate surface area is 148 Å². The molecule has 0 aromatic carbocycles. The molecule has 2 radical (unpaired) electrons. The first-order chi connectivity index (χ1) is 10.4. The van der Waals surface area contributed by atoms with Gasteiger partial charge >= 0.3 is 7.60 Å². The second kappa shape index (κ2) is 7.86. The number of hydrogen-bond donors (Lipinski definition) is 3. The lowest BCUT2D eigenvalue weighted by Gasteiger charge is -2.38. The normalized spacial score (nSPS) is 34.1. The van der Waals surface area contributed by atoms with Gasteiger partial charge in [0.1, 0.15) is 7.85 Å². The van der Waals surface area contributed by atoms with Crippen LogP contribution >= 0.6 is 23.5 Å². The molecule has 1 aliphatic heterocycles. The minimum atomic E-state index is -4.28. The lowest BCUT2D eigenvalue weighted by molar-refractivity contribution is -0.0441. The standard InChI is InChI=1S/C14H27BBrO6P/c1-5-13(4,8-9-11(17)10(16)12(15)21-9)22-23(19,20)14(18,6-2)7-3/h9-12,17-18H,5-8H2,1-4H3,(H,19,20)/t9-,10-,11-,12-,13-/m1/s1. The van der Waals surface area contributed by atoms with Gasteiger partial charge in [-0.15, -0.1) is 0 Å². The van der Waals surface area contributed by atoms with Gasteiger partial charge in [-0.25, -0.2) is 0 Å². The summed E-state index contributed by atoms with van der Waals surface area (Å²) in [5.41, 5.74) is -1.04. The number of halogens is 1. The van der Waals surface area contributed by atoms with Crippen molar-refractivity contribution < 1.29 is 28.9 Å². The highest BCUT2D eigenvalue weighted by molar-refractivity contribution is 9.09. The number of aliphatic hydroxyl groups is 2. The molecule has 0 aliphatic carbocycles. The molecule has 1 fully saturated rings. The Hall–Kier alpha value is 0.575. The van der Waals surface area contributed by atoms with Crippen molar-refractivity contribution in [1.29, 1.82) is 0 Å². The third kappa shape index (κ3) is 4.60. The van der Waals surface area contributed by atoms with Gasteiger partial charge in [0.05, 0.1) is 22.6 Å². The summed E-state index contributed by atoms with van der Waals surface area (Å²) in [6.07, 6.45) is -0.642. The first kappa shape index (κ1) is 21.6. The van der Waals surface area contributed by atoms with Gasteiger partial charge in [-0.3, -0.25) is 4.57 Å². The van der Waals surface area contributed by atoms with Crippen LogP contribution in [0.25, 0.3) is 0 Å². The molecule has 6 nitrogen and oxygen atoms in total. The largest absolute Gasteiger partial charge is 0.389 e. The van der Waals surface area contributed by atoms with Crippen LogP contribution in [0.2, 0.25) is 0 Å². The molecule has 0 spiro atoms. The van der Waals surface area contributed by atoms with Crippen LogP contribution in [-0.2, 0) is 13.8 Å². The van der Waals surface area contributed by atoms with Gasteiger partial charge in [0.15, 0.2) is 5.34 Å². The van der Waals surface area contributed by atoms with Gasteiger partial charge in [0.2, 0.25) is 0 Å². The van der Waals surface area contributed by atoms with Crippen molar-refractivity contribution in [2.75, 3.05) is 0 Å². The molecule has 0 aromatic rings. The third-order valence-electron chi connectivity index (χ3n) is 4.74. The molecule has 1 heterocycles. The van der Waals surface area contributed by atoms with Gasteiger partial charge in [-0.2, -0.15) is 0 Å². The van der Waals surface area contributed by atoms with Gasteiger partial charge < -0.3 is 24.4 Å². The molecule has 1 rings (SSSR count). The fraction of sp³-hybridized carbons (Fsp3) is 1.00.